The zero-order valence-electron chi connectivity index (χ0n) is 17.2. The molecule has 2 aromatic carbocycles. The van der Waals surface area contributed by atoms with Crippen molar-refractivity contribution in [2.24, 2.45) is 0 Å². The molecule has 1 atom stereocenters. The van der Waals surface area contributed by atoms with Gasteiger partial charge in [0.2, 0.25) is 11.8 Å². The van der Waals surface area contributed by atoms with Crippen molar-refractivity contribution in [2.45, 2.75) is 36.8 Å². The molecule has 1 fully saturated rings. The Balaban J connectivity index is 1.56. The van der Waals surface area contributed by atoms with Crippen LogP contribution in [0.3, 0.4) is 0 Å². The Morgan fingerprint density at radius 1 is 1.07 bits per heavy atom. The maximum atomic E-state index is 13.3. The first-order chi connectivity index (χ1) is 14.4. The summed E-state index contributed by atoms with van der Waals surface area (Å²) < 4.78 is 0. The molecule has 156 valence electrons. The summed E-state index contributed by atoms with van der Waals surface area (Å²) in [6.45, 7) is 5.20. The predicted molar refractivity (Wildman–Crippen MR) is 119 cm³/mol. The Morgan fingerprint density at radius 3 is 2.43 bits per heavy atom. The molecular weight excluding hydrogens is 398 g/mol. The van der Waals surface area contributed by atoms with E-state index in [1.165, 1.54) is 16.7 Å². The van der Waals surface area contributed by atoms with E-state index in [9.17, 15) is 14.4 Å². The van der Waals surface area contributed by atoms with E-state index in [0.717, 1.165) is 28.9 Å². The highest BCUT2D eigenvalue weighted by Crippen LogP contribution is 2.40. The predicted octanol–water partition coefficient (Wildman–Crippen LogP) is 3.37. The van der Waals surface area contributed by atoms with Crippen molar-refractivity contribution in [3.63, 3.8) is 0 Å². The third-order valence-electron chi connectivity index (χ3n) is 5.34. The number of para-hydroxylation sites is 1. The minimum Gasteiger partial charge on any atom is -0.341 e. The summed E-state index contributed by atoms with van der Waals surface area (Å²) in [6.07, 6.45) is 1.94. The number of hydrogen-bond acceptors (Lipinski definition) is 4. The molecule has 6 nitrogen and oxygen atoms in total. The smallest absolute Gasteiger partial charge is 0.250 e. The highest BCUT2D eigenvalue weighted by atomic mass is 32.2. The molecule has 2 aromatic rings. The summed E-state index contributed by atoms with van der Waals surface area (Å²) >= 11 is 1.28. The molecule has 2 aliphatic heterocycles. The number of thioether (sulfide) groups is 1. The van der Waals surface area contributed by atoms with Crippen molar-refractivity contribution >= 4 is 40.9 Å². The number of aryl methyl sites for hydroxylation is 2. The molecule has 0 bridgehead atoms. The fraction of sp³-hybridized carbons (Fsp3) is 0.348. The lowest BCUT2D eigenvalue weighted by Crippen LogP contribution is -2.51. The Morgan fingerprint density at radius 2 is 1.73 bits per heavy atom. The summed E-state index contributed by atoms with van der Waals surface area (Å²) in [5, 5.41) is 2.05. The molecule has 2 heterocycles. The minimum absolute atomic E-state index is 0.132. The second kappa shape index (κ2) is 8.52. The maximum Gasteiger partial charge on any atom is 0.250 e. The van der Waals surface area contributed by atoms with Crippen LogP contribution in [0.2, 0.25) is 0 Å². The van der Waals surface area contributed by atoms with Gasteiger partial charge in [0.1, 0.15) is 6.54 Å². The molecule has 0 radical (unpaired) electrons. The van der Waals surface area contributed by atoms with E-state index in [0.29, 0.717) is 24.5 Å². The van der Waals surface area contributed by atoms with Crippen LogP contribution in [0.5, 0.6) is 0 Å². The molecule has 7 heteroatoms. The molecule has 4 rings (SSSR count). The fourth-order valence-corrected chi connectivity index (χ4v) is 5.22. The van der Waals surface area contributed by atoms with E-state index in [4.69, 9.17) is 0 Å². The second-order valence-corrected chi connectivity index (χ2v) is 8.99. The zero-order valence-corrected chi connectivity index (χ0v) is 18.0. The summed E-state index contributed by atoms with van der Waals surface area (Å²) in [5.74, 6) is -0.773. The normalized spacial score (nSPS) is 18.3. The molecule has 1 saturated heterocycles. The van der Waals surface area contributed by atoms with Crippen molar-refractivity contribution in [3.05, 3.63) is 53.6 Å². The molecule has 1 N–H and O–H groups in total. The Bertz CT molecular complexity index is 981. The summed E-state index contributed by atoms with van der Waals surface area (Å²) in [6, 6.07) is 13.3. The number of carbonyl (C=O) groups excluding carboxylic acids is 3. The van der Waals surface area contributed by atoms with E-state index in [1.807, 2.05) is 56.3 Å². The van der Waals surface area contributed by atoms with Gasteiger partial charge in [0.25, 0.3) is 5.91 Å². The molecular formula is C23H25N3O3S. The van der Waals surface area contributed by atoms with Gasteiger partial charge in [0, 0.05) is 23.7 Å². The average Bonchev–Trinajstić information content (AvgIpc) is 3.23. The number of anilines is 2. The number of fused-ring (bicyclic) bond motifs is 1. The number of hydrogen-bond donors (Lipinski definition) is 1. The first kappa shape index (κ1) is 20.5. The number of rotatable bonds is 4. The van der Waals surface area contributed by atoms with E-state index in [1.54, 1.807) is 4.90 Å². The van der Waals surface area contributed by atoms with Crippen LogP contribution in [0.25, 0.3) is 0 Å². The van der Waals surface area contributed by atoms with Crippen molar-refractivity contribution < 1.29 is 14.4 Å². The molecule has 0 aromatic heterocycles. The van der Waals surface area contributed by atoms with E-state index in [-0.39, 0.29) is 24.3 Å². The summed E-state index contributed by atoms with van der Waals surface area (Å²) in [7, 11) is 0. The van der Waals surface area contributed by atoms with Crippen molar-refractivity contribution in [1.82, 2.24) is 4.90 Å². The van der Waals surface area contributed by atoms with Gasteiger partial charge in [-0.15, -0.1) is 11.8 Å². The topological polar surface area (TPSA) is 69.7 Å². The highest BCUT2D eigenvalue weighted by Gasteiger charge is 2.41. The van der Waals surface area contributed by atoms with Gasteiger partial charge in [-0.2, -0.15) is 0 Å². The van der Waals surface area contributed by atoms with Gasteiger partial charge in [0.15, 0.2) is 5.25 Å². The SMILES string of the molecule is Cc1cc(C)cc(NC(=O)CN2C(=O)[C@@H](C(=O)N3CCCC3)Sc3ccccc32)c1. The summed E-state index contributed by atoms with van der Waals surface area (Å²) in [5.41, 5.74) is 3.48. The lowest BCUT2D eigenvalue weighted by molar-refractivity contribution is -0.134. The Kier molecular flexibility index (Phi) is 5.81. The Labute approximate surface area is 180 Å². The van der Waals surface area contributed by atoms with Gasteiger partial charge in [0.05, 0.1) is 5.69 Å². The molecule has 0 aliphatic carbocycles. The van der Waals surface area contributed by atoms with Gasteiger partial charge in [-0.05, 0) is 62.1 Å². The number of benzene rings is 2. The van der Waals surface area contributed by atoms with Crippen LogP contribution in [-0.2, 0) is 14.4 Å². The lowest BCUT2D eigenvalue weighted by Gasteiger charge is -2.34. The Hall–Kier alpha value is -2.80. The number of nitrogens with one attached hydrogen (secondary N) is 1. The maximum absolute atomic E-state index is 13.3. The van der Waals surface area contributed by atoms with Gasteiger partial charge in [-0.3, -0.25) is 14.4 Å². The largest absolute Gasteiger partial charge is 0.341 e. The van der Waals surface area contributed by atoms with E-state index in [2.05, 4.69) is 5.32 Å². The molecule has 0 saturated carbocycles. The van der Waals surface area contributed by atoms with E-state index >= 15 is 0 Å². The van der Waals surface area contributed by atoms with Gasteiger partial charge >= 0.3 is 0 Å². The zero-order chi connectivity index (χ0) is 21.3. The van der Waals surface area contributed by atoms with Crippen LogP contribution < -0.4 is 10.2 Å². The molecule has 0 spiro atoms. The quantitative estimate of drug-likeness (QED) is 0.766. The fourth-order valence-electron chi connectivity index (χ4n) is 4.03. The third kappa shape index (κ3) is 4.21. The van der Waals surface area contributed by atoms with Crippen LogP contribution in [0.1, 0.15) is 24.0 Å². The van der Waals surface area contributed by atoms with Gasteiger partial charge in [-0.25, -0.2) is 0 Å². The molecule has 2 aliphatic rings. The average molecular weight is 424 g/mol. The van der Waals surface area contributed by atoms with Crippen molar-refractivity contribution in [3.8, 4) is 0 Å². The first-order valence-electron chi connectivity index (χ1n) is 10.2. The number of nitrogens with zero attached hydrogens (tertiary/aromatic N) is 2. The van der Waals surface area contributed by atoms with Crippen LogP contribution in [-0.4, -0.2) is 47.5 Å². The molecule has 0 unspecified atom stereocenters. The van der Waals surface area contributed by atoms with Crippen LogP contribution >= 0.6 is 11.8 Å². The van der Waals surface area contributed by atoms with Crippen LogP contribution in [0.15, 0.2) is 47.4 Å². The van der Waals surface area contributed by atoms with E-state index < -0.39 is 5.25 Å². The standard InChI is InChI=1S/C23H25N3O3S/c1-15-11-16(2)13-17(12-15)24-20(27)14-26-18-7-3-4-8-19(18)30-21(23(26)29)22(28)25-9-5-6-10-25/h3-4,7-8,11-13,21H,5-6,9-10,14H2,1-2H3,(H,24,27)/t21-/m1/s1. The third-order valence-corrected chi connectivity index (χ3v) is 6.58. The lowest BCUT2D eigenvalue weighted by atomic mass is 10.1. The minimum atomic E-state index is -0.841. The van der Waals surface area contributed by atoms with Gasteiger partial charge in [-0.1, -0.05) is 18.2 Å². The van der Waals surface area contributed by atoms with Crippen LogP contribution in [0, 0.1) is 13.8 Å². The highest BCUT2D eigenvalue weighted by molar-refractivity contribution is 8.01. The first-order valence-corrected chi connectivity index (χ1v) is 11.0. The van der Waals surface area contributed by atoms with Gasteiger partial charge < -0.3 is 15.1 Å². The molecule has 3 amide bonds. The molecule has 30 heavy (non-hydrogen) atoms. The second-order valence-electron chi connectivity index (χ2n) is 7.85. The monoisotopic (exact) mass is 423 g/mol. The van der Waals surface area contributed by atoms with Crippen molar-refractivity contribution in [1.29, 1.82) is 0 Å². The van der Waals surface area contributed by atoms with Crippen molar-refractivity contribution in [2.75, 3.05) is 29.9 Å². The number of amides is 3. The number of likely N-dealkylation sites (tertiary alicyclic amines) is 1. The summed E-state index contributed by atoms with van der Waals surface area (Å²) in [4.78, 5) is 43.1. The number of carbonyl (C=O) groups is 3. The van der Waals surface area contributed by atoms with Crippen LogP contribution in [0.4, 0.5) is 11.4 Å².